The van der Waals surface area contributed by atoms with E-state index in [0.29, 0.717) is 0 Å². The average molecular weight is 839 g/mol. The summed E-state index contributed by atoms with van der Waals surface area (Å²) in [6.07, 6.45) is 19.8. The Balaban J connectivity index is 0.000000458. The number of hydrogen-bond acceptors (Lipinski definition) is 1. The number of fused-ring (bicyclic) bond motifs is 2. The van der Waals surface area contributed by atoms with E-state index in [1.807, 2.05) is 36.4 Å². The summed E-state index contributed by atoms with van der Waals surface area (Å²) in [5.74, 6) is 8.57. The monoisotopic (exact) mass is 837 g/mol. The Kier molecular flexibility index (Phi) is 21.6. The van der Waals surface area contributed by atoms with Gasteiger partial charge in [0.25, 0.3) is 0 Å². The van der Waals surface area contributed by atoms with Gasteiger partial charge < -0.3 is 34.5 Å². The second kappa shape index (κ2) is 24.4. The number of rotatable bonds is 8. The molecular formula is C54H74BNZr. The van der Waals surface area contributed by atoms with Gasteiger partial charge >= 0.3 is 26.2 Å². The molecule has 0 aliphatic heterocycles. The number of nitrogens with zero attached hydrogens (tertiary/aromatic N) is 1. The molecule has 0 bridgehead atoms. The van der Waals surface area contributed by atoms with E-state index in [1.165, 1.54) is 62.5 Å². The van der Waals surface area contributed by atoms with Crippen molar-refractivity contribution >= 4 is 19.0 Å². The van der Waals surface area contributed by atoms with Crippen LogP contribution in [0.3, 0.4) is 0 Å². The van der Waals surface area contributed by atoms with Gasteiger partial charge in [0, 0.05) is 0 Å². The van der Waals surface area contributed by atoms with Crippen molar-refractivity contribution < 1.29 is 26.2 Å². The van der Waals surface area contributed by atoms with Crippen molar-refractivity contribution in [3.8, 4) is 0 Å². The van der Waals surface area contributed by atoms with Crippen LogP contribution in [-0.4, -0.2) is 25.8 Å². The molecule has 3 heteroatoms. The molecule has 0 spiro atoms. The van der Waals surface area contributed by atoms with Gasteiger partial charge in [0.15, 0.2) is 0 Å². The van der Waals surface area contributed by atoms with Crippen molar-refractivity contribution in [1.82, 2.24) is 4.81 Å². The number of hydrogen-bond donors (Lipinski definition) is 0. The smallest absolute Gasteiger partial charge is 0.358 e. The minimum absolute atomic E-state index is 0. The van der Waals surface area contributed by atoms with Gasteiger partial charge in [-0.25, -0.2) is 0 Å². The molecule has 10 unspecified atom stereocenters. The number of allylic oxidation sites excluding steroid dienone is 2. The van der Waals surface area contributed by atoms with Gasteiger partial charge in [0.1, 0.15) is 0 Å². The Hall–Kier alpha value is -2.73. The Labute approximate surface area is 371 Å². The zero-order valence-electron chi connectivity index (χ0n) is 36.8. The van der Waals surface area contributed by atoms with Crippen LogP contribution in [0.15, 0.2) is 133 Å². The van der Waals surface area contributed by atoms with E-state index in [1.54, 1.807) is 11.1 Å². The first-order chi connectivity index (χ1) is 25.5. The minimum atomic E-state index is 0. The molecular weight excluding hydrogens is 765 g/mol. The summed E-state index contributed by atoms with van der Waals surface area (Å²) >= 11 is 0. The van der Waals surface area contributed by atoms with Gasteiger partial charge in [0.05, 0.1) is 0 Å². The molecule has 1 nitrogen and oxygen atoms in total. The molecule has 4 aromatic carbocycles. The van der Waals surface area contributed by atoms with Crippen LogP contribution < -0.4 is 0 Å². The predicted octanol–water partition coefficient (Wildman–Crippen LogP) is 15.0. The van der Waals surface area contributed by atoms with Crippen LogP contribution in [0.1, 0.15) is 99.3 Å². The SMILES string of the molecule is C(/C=C/c1ccccc1)=C\c1ccccc1.CC1CC2C(c3ccccc3)CCCC2C1B(C1C(C)CC2C(c3ccccc3)CCCC21)N(C)C.[CH3-].[CH3-].[CH3-].[CH3-].[Zr+4]. The first-order valence-corrected chi connectivity index (χ1v) is 20.7. The molecule has 0 N–H and O–H groups in total. The summed E-state index contributed by atoms with van der Waals surface area (Å²) in [7, 11) is 4.86. The maximum absolute atomic E-state index is 2.71. The molecule has 0 saturated heterocycles. The third-order valence-corrected chi connectivity index (χ3v) is 14.0. The van der Waals surface area contributed by atoms with E-state index in [-0.39, 0.29) is 55.9 Å². The average Bonchev–Trinajstić information content (AvgIpc) is 3.70. The molecule has 4 aromatic rings. The fourth-order valence-electron chi connectivity index (χ4n) is 12.1. The topological polar surface area (TPSA) is 3.24 Å². The second-order valence-corrected chi connectivity index (χ2v) is 17.1. The molecule has 4 fully saturated rings. The first kappa shape index (κ1) is 50.4. The van der Waals surface area contributed by atoms with Crippen LogP contribution in [0, 0.1) is 65.2 Å². The van der Waals surface area contributed by atoms with Crippen molar-refractivity contribution in [2.45, 2.75) is 88.7 Å². The van der Waals surface area contributed by atoms with Crippen LogP contribution in [0.5, 0.6) is 0 Å². The van der Waals surface area contributed by atoms with Gasteiger partial charge in [-0.15, -0.1) is 0 Å². The normalized spacial score (nSPS) is 28.5. The van der Waals surface area contributed by atoms with E-state index >= 15 is 0 Å². The first-order valence-electron chi connectivity index (χ1n) is 20.7. The third kappa shape index (κ3) is 11.9. The van der Waals surface area contributed by atoms with Crippen molar-refractivity contribution in [1.29, 1.82) is 0 Å². The van der Waals surface area contributed by atoms with Crippen LogP contribution in [-0.2, 0) is 26.2 Å². The van der Waals surface area contributed by atoms with Crippen LogP contribution >= 0.6 is 0 Å². The van der Waals surface area contributed by atoms with E-state index in [2.05, 4.69) is 142 Å². The quantitative estimate of drug-likeness (QED) is 0.0971. The van der Waals surface area contributed by atoms with Gasteiger partial charge in [-0.1, -0.05) is 185 Å². The molecule has 0 amide bonds. The summed E-state index contributed by atoms with van der Waals surface area (Å²) in [6.45, 7) is 6.00. The fraction of sp³-hybridized carbons (Fsp3) is 0.407. The van der Waals surface area contributed by atoms with E-state index in [9.17, 15) is 0 Å². The standard InChI is InChI=1S/C34H48BN.C16H14.4CH3.Zr/c1-23-21-31-27(25-13-7-5-8-14-25)17-11-19-29(31)33(23)35(36(3)4)34-24(2)22-32-28(18-12-20-30(32)34)26-15-9-6-10-16-26;1-3-9-15(10-4-1)13-7-8-14-16-11-5-2-6-12-16;;;;;/h5-10,13-16,23-24,27-34H,11-12,17-22H2,1-4H3;1-14H;4*1H3;/q;;4*-1;+4/b;13-7+,14-8+;;;;;. The molecule has 302 valence electrons. The minimum Gasteiger partial charge on any atom is -0.358 e. The Morgan fingerprint density at radius 2 is 0.807 bits per heavy atom. The van der Waals surface area contributed by atoms with E-state index < -0.39 is 0 Å². The van der Waals surface area contributed by atoms with Crippen LogP contribution in [0.25, 0.3) is 12.2 Å². The Morgan fingerprint density at radius 3 is 1.14 bits per heavy atom. The van der Waals surface area contributed by atoms with Crippen LogP contribution in [0.2, 0.25) is 11.6 Å². The van der Waals surface area contributed by atoms with E-state index in [0.717, 1.165) is 65.8 Å². The van der Waals surface area contributed by atoms with Crippen molar-refractivity contribution in [3.05, 3.63) is 185 Å². The molecule has 57 heavy (non-hydrogen) atoms. The van der Waals surface area contributed by atoms with Gasteiger partial charge in [-0.05, 0) is 121 Å². The molecule has 4 aliphatic rings. The summed E-state index contributed by atoms with van der Waals surface area (Å²) in [5, 5.41) is 0. The summed E-state index contributed by atoms with van der Waals surface area (Å²) in [4.78, 5) is 2.71. The molecule has 0 radical (unpaired) electrons. The molecule has 8 rings (SSSR count). The van der Waals surface area contributed by atoms with Crippen LogP contribution in [0.4, 0.5) is 0 Å². The van der Waals surface area contributed by atoms with Crippen molar-refractivity contribution in [2.75, 3.05) is 14.1 Å². The molecule has 0 heterocycles. The summed E-state index contributed by atoms with van der Waals surface area (Å²) in [6, 6.07) is 43.7. The molecule has 4 saturated carbocycles. The molecule has 0 aromatic heterocycles. The number of benzene rings is 4. The Bertz CT molecular complexity index is 1580. The van der Waals surface area contributed by atoms with Gasteiger partial charge in [-0.3, -0.25) is 0 Å². The van der Waals surface area contributed by atoms with Crippen molar-refractivity contribution in [2.24, 2.45) is 35.5 Å². The second-order valence-electron chi connectivity index (χ2n) is 17.1. The fourth-order valence-corrected chi connectivity index (χ4v) is 12.1. The van der Waals surface area contributed by atoms with Crippen molar-refractivity contribution in [3.63, 3.8) is 0 Å². The molecule has 4 aliphatic carbocycles. The Morgan fingerprint density at radius 1 is 0.474 bits per heavy atom. The predicted molar refractivity (Wildman–Crippen MR) is 251 cm³/mol. The maximum atomic E-state index is 2.71. The summed E-state index contributed by atoms with van der Waals surface area (Å²) < 4.78 is 0. The third-order valence-electron chi connectivity index (χ3n) is 14.0. The zero-order chi connectivity index (χ0) is 35.9. The zero-order valence-corrected chi connectivity index (χ0v) is 39.3. The van der Waals surface area contributed by atoms with Gasteiger partial charge in [0.2, 0.25) is 6.85 Å². The van der Waals surface area contributed by atoms with Gasteiger partial charge in [-0.2, -0.15) is 0 Å². The maximum Gasteiger partial charge on any atom is 4.00 e. The van der Waals surface area contributed by atoms with E-state index in [4.69, 9.17) is 0 Å². The largest absolute Gasteiger partial charge is 4.00 e. The molecule has 10 atom stereocenters. The summed E-state index contributed by atoms with van der Waals surface area (Å²) in [5.41, 5.74) is 5.68.